The van der Waals surface area contributed by atoms with Crippen molar-refractivity contribution >= 4 is 16.6 Å². The Hall–Kier alpha value is -2.65. The second kappa shape index (κ2) is 4.97. The molecule has 0 aliphatic carbocycles. The van der Waals surface area contributed by atoms with Gasteiger partial charge >= 0.3 is 0 Å². The summed E-state index contributed by atoms with van der Waals surface area (Å²) in [5.74, 6) is 0. The normalized spacial score (nSPS) is 11.4. The van der Waals surface area contributed by atoms with Gasteiger partial charge in [-0.05, 0) is 30.5 Å². The fourth-order valence-corrected chi connectivity index (χ4v) is 2.94. The van der Waals surface area contributed by atoms with E-state index in [9.17, 15) is 5.11 Å². The van der Waals surface area contributed by atoms with Crippen molar-refractivity contribution in [2.45, 2.75) is 13.5 Å². The van der Waals surface area contributed by atoms with Gasteiger partial charge in [-0.1, -0.05) is 48.0 Å². The molecule has 2 aromatic carbocycles. The average molecular weight is 288 g/mol. The lowest BCUT2D eigenvalue weighted by Crippen LogP contribution is -1.96. The summed E-state index contributed by atoms with van der Waals surface area (Å²) in [4.78, 5) is 4.74. The van der Waals surface area contributed by atoms with Crippen molar-refractivity contribution < 1.29 is 5.11 Å². The van der Waals surface area contributed by atoms with Crippen LogP contribution in [-0.2, 0) is 6.61 Å². The number of pyridine rings is 1. The molecule has 0 saturated carbocycles. The van der Waals surface area contributed by atoms with Crippen LogP contribution in [-0.4, -0.2) is 14.5 Å². The van der Waals surface area contributed by atoms with Gasteiger partial charge in [-0.3, -0.25) is 4.40 Å². The number of aryl methyl sites for hydroxylation is 1. The molecule has 0 aliphatic heterocycles. The van der Waals surface area contributed by atoms with Crippen molar-refractivity contribution in [2.75, 3.05) is 0 Å². The molecule has 0 amide bonds. The van der Waals surface area contributed by atoms with E-state index >= 15 is 0 Å². The molecule has 0 unspecified atom stereocenters. The zero-order valence-electron chi connectivity index (χ0n) is 12.3. The maximum Gasteiger partial charge on any atom is 0.138 e. The van der Waals surface area contributed by atoms with E-state index in [1.165, 1.54) is 5.56 Å². The molecule has 3 nitrogen and oxygen atoms in total. The summed E-state index contributed by atoms with van der Waals surface area (Å²) < 4.78 is 2.05. The number of aliphatic hydroxyl groups excluding tert-OH is 1. The van der Waals surface area contributed by atoms with Crippen LogP contribution >= 0.6 is 0 Å². The lowest BCUT2D eigenvalue weighted by Gasteiger charge is -2.06. The van der Waals surface area contributed by atoms with Crippen LogP contribution in [0.15, 0.2) is 60.7 Å². The summed E-state index contributed by atoms with van der Waals surface area (Å²) in [6, 6.07) is 20.5. The Balaban J connectivity index is 2.08. The second-order valence-electron chi connectivity index (χ2n) is 5.52. The van der Waals surface area contributed by atoms with Crippen LogP contribution in [0.3, 0.4) is 0 Å². The first-order valence-electron chi connectivity index (χ1n) is 7.35. The van der Waals surface area contributed by atoms with Crippen molar-refractivity contribution in [3.05, 3.63) is 71.9 Å². The SMILES string of the molecule is Cc1ccc(-c2nc3ccc4ccccc4n3c2CO)cc1. The predicted molar refractivity (Wildman–Crippen MR) is 88.8 cm³/mol. The van der Waals surface area contributed by atoms with E-state index in [0.717, 1.165) is 33.5 Å². The van der Waals surface area contributed by atoms with E-state index in [2.05, 4.69) is 49.4 Å². The number of fused-ring (bicyclic) bond motifs is 3. The Kier molecular flexibility index (Phi) is 2.94. The summed E-state index contributed by atoms with van der Waals surface area (Å²) in [7, 11) is 0. The number of hydrogen-bond donors (Lipinski definition) is 1. The number of hydrogen-bond acceptors (Lipinski definition) is 2. The Morgan fingerprint density at radius 1 is 0.955 bits per heavy atom. The quantitative estimate of drug-likeness (QED) is 0.606. The van der Waals surface area contributed by atoms with Crippen LogP contribution in [0.2, 0.25) is 0 Å². The molecule has 0 atom stereocenters. The molecule has 108 valence electrons. The third-order valence-electron chi connectivity index (χ3n) is 4.06. The van der Waals surface area contributed by atoms with Gasteiger partial charge in [0.05, 0.1) is 23.5 Å². The van der Waals surface area contributed by atoms with Crippen LogP contribution in [0.4, 0.5) is 0 Å². The molecule has 0 spiro atoms. The van der Waals surface area contributed by atoms with Crippen molar-refractivity contribution in [1.29, 1.82) is 0 Å². The van der Waals surface area contributed by atoms with Gasteiger partial charge < -0.3 is 5.11 Å². The Morgan fingerprint density at radius 2 is 1.73 bits per heavy atom. The number of nitrogens with zero attached hydrogens (tertiary/aromatic N) is 2. The molecule has 3 heteroatoms. The van der Waals surface area contributed by atoms with Gasteiger partial charge in [-0.15, -0.1) is 0 Å². The van der Waals surface area contributed by atoms with Gasteiger partial charge in [0.25, 0.3) is 0 Å². The molecule has 4 rings (SSSR count). The molecule has 1 N–H and O–H groups in total. The molecule has 0 radical (unpaired) electrons. The molecule has 22 heavy (non-hydrogen) atoms. The fraction of sp³-hybridized carbons (Fsp3) is 0.105. The van der Waals surface area contributed by atoms with E-state index in [-0.39, 0.29) is 6.61 Å². The van der Waals surface area contributed by atoms with Crippen molar-refractivity contribution in [1.82, 2.24) is 9.38 Å². The Labute approximate surface area is 128 Å². The monoisotopic (exact) mass is 288 g/mol. The van der Waals surface area contributed by atoms with Gasteiger partial charge in [0.1, 0.15) is 5.65 Å². The summed E-state index contributed by atoms with van der Waals surface area (Å²) in [6.07, 6.45) is 0. The minimum atomic E-state index is -0.0433. The standard InChI is InChI=1S/C19H16N2O/c1-13-6-8-15(9-7-13)19-17(12-22)21-16-5-3-2-4-14(16)10-11-18(21)20-19/h2-11,22H,12H2,1H3. The third-order valence-corrected chi connectivity index (χ3v) is 4.06. The van der Waals surface area contributed by atoms with Crippen LogP contribution in [0.5, 0.6) is 0 Å². The number of aromatic nitrogens is 2. The van der Waals surface area contributed by atoms with E-state index in [1.807, 2.05) is 22.6 Å². The highest BCUT2D eigenvalue weighted by Crippen LogP contribution is 2.28. The Bertz CT molecular complexity index is 968. The van der Waals surface area contributed by atoms with E-state index in [1.54, 1.807) is 0 Å². The highest BCUT2D eigenvalue weighted by Gasteiger charge is 2.14. The van der Waals surface area contributed by atoms with Gasteiger partial charge in [0.15, 0.2) is 0 Å². The summed E-state index contributed by atoms with van der Waals surface area (Å²) in [5.41, 5.74) is 5.84. The first-order chi connectivity index (χ1) is 10.8. The topological polar surface area (TPSA) is 37.5 Å². The number of aliphatic hydroxyl groups is 1. The van der Waals surface area contributed by atoms with Crippen LogP contribution in [0.1, 0.15) is 11.3 Å². The summed E-state index contributed by atoms with van der Waals surface area (Å²) >= 11 is 0. The minimum Gasteiger partial charge on any atom is -0.390 e. The zero-order chi connectivity index (χ0) is 15.1. The van der Waals surface area contributed by atoms with Crippen LogP contribution in [0, 0.1) is 6.92 Å². The second-order valence-corrected chi connectivity index (χ2v) is 5.52. The first-order valence-corrected chi connectivity index (χ1v) is 7.35. The maximum absolute atomic E-state index is 9.92. The number of rotatable bonds is 2. The average Bonchev–Trinajstić information content (AvgIpc) is 2.94. The maximum atomic E-state index is 9.92. The van der Waals surface area contributed by atoms with Gasteiger partial charge in [0.2, 0.25) is 0 Å². The first kappa shape index (κ1) is 13.0. The van der Waals surface area contributed by atoms with Gasteiger partial charge in [-0.25, -0.2) is 4.98 Å². The van der Waals surface area contributed by atoms with Crippen molar-refractivity contribution in [3.63, 3.8) is 0 Å². The highest BCUT2D eigenvalue weighted by atomic mass is 16.3. The highest BCUT2D eigenvalue weighted by molar-refractivity contribution is 5.84. The summed E-state index contributed by atoms with van der Waals surface area (Å²) in [6.45, 7) is 2.02. The molecule has 4 aromatic rings. The molecular weight excluding hydrogens is 272 g/mol. The lowest BCUT2D eigenvalue weighted by atomic mass is 10.1. The minimum absolute atomic E-state index is 0.0433. The fourth-order valence-electron chi connectivity index (χ4n) is 2.94. The van der Waals surface area contributed by atoms with Crippen molar-refractivity contribution in [2.24, 2.45) is 0 Å². The number of para-hydroxylation sites is 1. The molecule has 0 fully saturated rings. The lowest BCUT2D eigenvalue weighted by molar-refractivity contribution is 0.277. The molecular formula is C19H16N2O. The smallest absolute Gasteiger partial charge is 0.138 e. The molecule has 0 bridgehead atoms. The van der Waals surface area contributed by atoms with Gasteiger partial charge in [-0.2, -0.15) is 0 Å². The van der Waals surface area contributed by atoms with Crippen LogP contribution in [0.25, 0.3) is 27.8 Å². The van der Waals surface area contributed by atoms with Crippen molar-refractivity contribution in [3.8, 4) is 11.3 Å². The molecule has 0 saturated heterocycles. The van der Waals surface area contributed by atoms with Crippen LogP contribution < -0.4 is 0 Å². The molecule has 2 aromatic heterocycles. The molecule has 2 heterocycles. The largest absolute Gasteiger partial charge is 0.390 e. The number of imidazole rings is 1. The molecule has 0 aliphatic rings. The number of benzene rings is 2. The summed E-state index contributed by atoms with van der Waals surface area (Å²) in [5, 5.41) is 11.1. The van der Waals surface area contributed by atoms with Gasteiger partial charge in [0, 0.05) is 5.56 Å². The Morgan fingerprint density at radius 3 is 2.50 bits per heavy atom. The van der Waals surface area contributed by atoms with E-state index in [4.69, 9.17) is 4.98 Å². The van der Waals surface area contributed by atoms with E-state index < -0.39 is 0 Å². The predicted octanol–water partition coefficient (Wildman–Crippen LogP) is 3.96. The third kappa shape index (κ3) is 1.90. The zero-order valence-corrected chi connectivity index (χ0v) is 12.3. The van der Waals surface area contributed by atoms with E-state index in [0.29, 0.717) is 0 Å².